The molecule has 4 nitrogen and oxygen atoms in total. The second kappa shape index (κ2) is 5.26. The number of hydrogen-bond acceptors (Lipinski definition) is 3. The summed E-state index contributed by atoms with van der Waals surface area (Å²) in [7, 11) is 0. The Labute approximate surface area is 118 Å². The Kier molecular flexibility index (Phi) is 3.45. The quantitative estimate of drug-likeness (QED) is 0.824. The molecule has 1 aromatic rings. The van der Waals surface area contributed by atoms with Crippen LogP contribution in [0.3, 0.4) is 0 Å². The first-order valence-corrected chi connectivity index (χ1v) is 7.05. The molecule has 0 spiro atoms. The number of rotatable bonds is 2. The van der Waals surface area contributed by atoms with Gasteiger partial charge in [0.2, 0.25) is 5.91 Å². The van der Waals surface area contributed by atoms with Crippen molar-refractivity contribution in [2.75, 3.05) is 19.8 Å². The molecule has 1 heterocycles. The van der Waals surface area contributed by atoms with Gasteiger partial charge < -0.3 is 9.64 Å². The van der Waals surface area contributed by atoms with E-state index in [4.69, 9.17) is 10.00 Å². The van der Waals surface area contributed by atoms with Gasteiger partial charge >= 0.3 is 0 Å². The summed E-state index contributed by atoms with van der Waals surface area (Å²) in [5.74, 6) is 0.490. The van der Waals surface area contributed by atoms with Crippen LogP contribution in [0.25, 0.3) is 0 Å². The Morgan fingerprint density at radius 2 is 2.25 bits per heavy atom. The Morgan fingerprint density at radius 1 is 1.45 bits per heavy atom. The average Bonchev–Trinajstić information content (AvgIpc) is 3.27. The van der Waals surface area contributed by atoms with E-state index in [-0.39, 0.29) is 11.8 Å². The van der Waals surface area contributed by atoms with Crippen molar-refractivity contribution in [1.29, 1.82) is 5.26 Å². The van der Waals surface area contributed by atoms with Gasteiger partial charge in [-0.25, -0.2) is 0 Å². The molecule has 3 rings (SSSR count). The van der Waals surface area contributed by atoms with Crippen LogP contribution < -0.4 is 0 Å². The van der Waals surface area contributed by atoms with Crippen LogP contribution in [0, 0.1) is 24.2 Å². The fraction of sp³-hybridized carbons (Fsp3) is 0.500. The number of hydrogen-bond donors (Lipinski definition) is 0. The van der Waals surface area contributed by atoms with Gasteiger partial charge in [-0.15, -0.1) is 0 Å². The second-order valence-corrected chi connectivity index (χ2v) is 5.56. The SMILES string of the molecule is Cc1ccccc1C1CC1C(=O)N1CCOCC1C#N. The van der Waals surface area contributed by atoms with Gasteiger partial charge in [0.15, 0.2) is 0 Å². The van der Waals surface area contributed by atoms with Crippen molar-refractivity contribution in [2.45, 2.75) is 25.3 Å². The molecule has 0 N–H and O–H groups in total. The van der Waals surface area contributed by atoms with Crippen LogP contribution in [0.15, 0.2) is 24.3 Å². The highest BCUT2D eigenvalue weighted by atomic mass is 16.5. The van der Waals surface area contributed by atoms with Gasteiger partial charge in [-0.1, -0.05) is 24.3 Å². The predicted octanol–water partition coefficient (Wildman–Crippen LogP) is 1.85. The molecule has 1 saturated carbocycles. The lowest BCUT2D eigenvalue weighted by molar-refractivity contribution is -0.139. The molecule has 0 bridgehead atoms. The van der Waals surface area contributed by atoms with E-state index in [0.717, 1.165) is 6.42 Å². The molecule has 3 atom stereocenters. The maximum atomic E-state index is 12.5. The molecule has 20 heavy (non-hydrogen) atoms. The van der Waals surface area contributed by atoms with Crippen molar-refractivity contribution in [1.82, 2.24) is 4.90 Å². The van der Waals surface area contributed by atoms with Crippen molar-refractivity contribution in [3.05, 3.63) is 35.4 Å². The largest absolute Gasteiger partial charge is 0.376 e. The van der Waals surface area contributed by atoms with Crippen molar-refractivity contribution in [3.63, 3.8) is 0 Å². The van der Waals surface area contributed by atoms with Gasteiger partial charge in [0, 0.05) is 12.5 Å². The smallest absolute Gasteiger partial charge is 0.227 e. The molecule has 1 aliphatic heterocycles. The van der Waals surface area contributed by atoms with E-state index >= 15 is 0 Å². The monoisotopic (exact) mass is 270 g/mol. The second-order valence-electron chi connectivity index (χ2n) is 5.56. The molecule has 1 saturated heterocycles. The molecule has 2 fully saturated rings. The van der Waals surface area contributed by atoms with Crippen LogP contribution in [0.5, 0.6) is 0 Å². The van der Waals surface area contributed by atoms with E-state index in [2.05, 4.69) is 25.1 Å². The molecule has 4 heteroatoms. The van der Waals surface area contributed by atoms with E-state index < -0.39 is 6.04 Å². The number of morpholine rings is 1. The van der Waals surface area contributed by atoms with Crippen LogP contribution in [-0.2, 0) is 9.53 Å². The number of carbonyl (C=O) groups is 1. The minimum atomic E-state index is -0.422. The lowest BCUT2D eigenvalue weighted by atomic mass is 10.0. The van der Waals surface area contributed by atoms with E-state index in [1.54, 1.807) is 4.90 Å². The molecule has 3 unspecified atom stereocenters. The van der Waals surface area contributed by atoms with Crippen molar-refractivity contribution in [2.24, 2.45) is 5.92 Å². The van der Waals surface area contributed by atoms with Crippen LogP contribution in [0.4, 0.5) is 0 Å². The van der Waals surface area contributed by atoms with E-state index in [1.165, 1.54) is 11.1 Å². The van der Waals surface area contributed by atoms with Gasteiger partial charge in [0.1, 0.15) is 6.04 Å². The van der Waals surface area contributed by atoms with Crippen LogP contribution in [0.2, 0.25) is 0 Å². The van der Waals surface area contributed by atoms with Crippen molar-refractivity contribution >= 4 is 5.91 Å². The Hall–Kier alpha value is -1.86. The number of nitriles is 1. The molecule has 1 aromatic carbocycles. The summed E-state index contributed by atoms with van der Waals surface area (Å²) in [6.45, 7) is 3.49. The highest BCUT2D eigenvalue weighted by Gasteiger charge is 2.47. The van der Waals surface area contributed by atoms with Crippen LogP contribution in [0.1, 0.15) is 23.5 Å². The molecule has 1 aliphatic carbocycles. The van der Waals surface area contributed by atoms with Gasteiger partial charge in [-0.05, 0) is 30.4 Å². The molecule has 0 radical (unpaired) electrons. The van der Waals surface area contributed by atoms with Crippen LogP contribution >= 0.6 is 0 Å². The van der Waals surface area contributed by atoms with Gasteiger partial charge in [-0.3, -0.25) is 4.79 Å². The summed E-state index contributed by atoms with van der Waals surface area (Å²) in [6.07, 6.45) is 0.902. The minimum absolute atomic E-state index is 0.0463. The number of ether oxygens (including phenoxy) is 1. The zero-order valence-corrected chi connectivity index (χ0v) is 11.6. The summed E-state index contributed by atoms with van der Waals surface area (Å²) < 4.78 is 5.27. The van der Waals surface area contributed by atoms with E-state index in [0.29, 0.717) is 25.7 Å². The Bertz CT molecular complexity index is 564. The summed E-state index contributed by atoms with van der Waals surface area (Å²) in [6, 6.07) is 9.97. The summed E-state index contributed by atoms with van der Waals surface area (Å²) >= 11 is 0. The molecule has 0 aromatic heterocycles. The summed E-state index contributed by atoms with van der Waals surface area (Å²) in [5, 5.41) is 9.12. The lowest BCUT2D eigenvalue weighted by Crippen LogP contribution is -2.48. The first kappa shape index (κ1) is 13.1. The van der Waals surface area contributed by atoms with Crippen molar-refractivity contribution in [3.8, 4) is 6.07 Å². The zero-order valence-electron chi connectivity index (χ0n) is 11.6. The van der Waals surface area contributed by atoms with Crippen LogP contribution in [-0.4, -0.2) is 36.6 Å². The number of amides is 1. The third kappa shape index (κ3) is 2.30. The first-order chi connectivity index (χ1) is 9.72. The lowest BCUT2D eigenvalue weighted by Gasteiger charge is -2.31. The highest BCUT2D eigenvalue weighted by Crippen LogP contribution is 2.49. The molecular formula is C16H18N2O2. The van der Waals surface area contributed by atoms with E-state index in [1.807, 2.05) is 12.1 Å². The minimum Gasteiger partial charge on any atom is -0.376 e. The normalized spacial score (nSPS) is 28.8. The standard InChI is InChI=1S/C16H18N2O2/c1-11-4-2-3-5-13(11)14-8-15(14)16(19)18-6-7-20-10-12(18)9-17/h2-5,12,14-15H,6-8,10H2,1H3. The summed E-state index contributed by atoms with van der Waals surface area (Å²) in [5.41, 5.74) is 2.51. The predicted molar refractivity (Wildman–Crippen MR) is 74.0 cm³/mol. The summed E-state index contributed by atoms with van der Waals surface area (Å²) in [4.78, 5) is 14.2. The maximum absolute atomic E-state index is 12.5. The Balaban J connectivity index is 1.71. The zero-order chi connectivity index (χ0) is 14.1. The number of aryl methyl sites for hydroxylation is 1. The first-order valence-electron chi connectivity index (χ1n) is 7.05. The van der Waals surface area contributed by atoms with E-state index in [9.17, 15) is 4.79 Å². The van der Waals surface area contributed by atoms with Gasteiger partial charge in [0.05, 0.1) is 19.3 Å². The molecule has 2 aliphatic rings. The fourth-order valence-corrected chi connectivity index (χ4v) is 3.00. The molecule has 104 valence electrons. The Morgan fingerprint density at radius 3 is 3.00 bits per heavy atom. The topological polar surface area (TPSA) is 53.3 Å². The van der Waals surface area contributed by atoms with Crippen molar-refractivity contribution < 1.29 is 9.53 Å². The number of nitrogens with zero attached hydrogens (tertiary/aromatic N) is 2. The number of carbonyl (C=O) groups excluding carboxylic acids is 1. The maximum Gasteiger partial charge on any atom is 0.227 e. The third-order valence-electron chi connectivity index (χ3n) is 4.26. The van der Waals surface area contributed by atoms with Gasteiger partial charge in [0.25, 0.3) is 0 Å². The number of benzene rings is 1. The molecule has 1 amide bonds. The fourth-order valence-electron chi connectivity index (χ4n) is 3.00. The van der Waals surface area contributed by atoms with Gasteiger partial charge in [-0.2, -0.15) is 5.26 Å². The highest BCUT2D eigenvalue weighted by molar-refractivity contribution is 5.83. The molecular weight excluding hydrogens is 252 g/mol. The average molecular weight is 270 g/mol. The third-order valence-corrected chi connectivity index (χ3v) is 4.26.